The zero-order chi connectivity index (χ0) is 25.9. The van der Waals surface area contributed by atoms with E-state index in [2.05, 4.69) is 36.4 Å². The lowest BCUT2D eigenvalue weighted by atomic mass is 10.0. The van der Waals surface area contributed by atoms with Gasteiger partial charge >= 0.3 is 0 Å². The standard InChI is InChI=1S/C33H26N5/c1-22-10-6-18-29(34-22)25-14-8-16-27(20-25)32-36-31(24-12-4-3-5-13-24)37-33(38-32)28-17-9-15-26(21-28)30-19-7-11-23(2)35-30/h3-21,31H,1-2H3/q-1. The van der Waals surface area contributed by atoms with Crippen molar-refractivity contribution in [2.45, 2.75) is 20.0 Å². The minimum absolute atomic E-state index is 0.389. The Bertz CT molecular complexity index is 1670. The van der Waals surface area contributed by atoms with Gasteiger partial charge in [0, 0.05) is 22.5 Å². The zero-order valence-electron chi connectivity index (χ0n) is 21.3. The average molecular weight is 493 g/mol. The summed E-state index contributed by atoms with van der Waals surface area (Å²) in [5.41, 5.74) is 8.74. The first-order chi connectivity index (χ1) is 18.6. The normalized spacial score (nSPS) is 14.8. The third kappa shape index (κ3) is 5.00. The maximum Gasteiger partial charge on any atom is 0.0822 e. The van der Waals surface area contributed by atoms with E-state index in [1.807, 2.05) is 92.7 Å². The van der Waals surface area contributed by atoms with Crippen molar-refractivity contribution in [1.82, 2.24) is 9.97 Å². The highest BCUT2D eigenvalue weighted by molar-refractivity contribution is 6.19. The quantitative estimate of drug-likeness (QED) is 0.252. The van der Waals surface area contributed by atoms with Crippen molar-refractivity contribution in [2.75, 3.05) is 0 Å². The van der Waals surface area contributed by atoms with Gasteiger partial charge in [0.2, 0.25) is 0 Å². The van der Waals surface area contributed by atoms with Crippen LogP contribution in [0.3, 0.4) is 0 Å². The molecule has 5 nitrogen and oxygen atoms in total. The SMILES string of the molecule is Cc1cccc(-c2cccc(C3=NC(c4ccccc4)[N-]C(c4cccc(-c5cccc(C)n5)c4)=N3)c2)n1. The van der Waals surface area contributed by atoms with Gasteiger partial charge in [-0.1, -0.05) is 84.7 Å². The van der Waals surface area contributed by atoms with Crippen LogP contribution in [0.4, 0.5) is 0 Å². The van der Waals surface area contributed by atoms with Crippen molar-refractivity contribution in [3.05, 3.63) is 149 Å². The molecule has 0 amide bonds. The minimum Gasteiger partial charge on any atom is -0.438 e. The number of rotatable bonds is 5. The molecule has 1 atom stereocenters. The predicted molar refractivity (Wildman–Crippen MR) is 154 cm³/mol. The summed E-state index contributed by atoms with van der Waals surface area (Å²) in [6, 6.07) is 38.7. The fourth-order valence-corrected chi connectivity index (χ4v) is 4.51. The smallest absolute Gasteiger partial charge is 0.0822 e. The fraction of sp³-hybridized carbons (Fsp3) is 0.0909. The highest BCUT2D eigenvalue weighted by atomic mass is 15.2. The molecule has 6 rings (SSSR count). The highest BCUT2D eigenvalue weighted by Gasteiger charge is 2.14. The van der Waals surface area contributed by atoms with Crippen LogP contribution in [-0.2, 0) is 0 Å². The van der Waals surface area contributed by atoms with Crippen LogP contribution in [0.25, 0.3) is 27.8 Å². The Labute approximate surface area is 222 Å². The van der Waals surface area contributed by atoms with E-state index in [4.69, 9.17) is 25.3 Å². The molecule has 3 aromatic carbocycles. The number of aliphatic imine (C=N–C) groups is 2. The van der Waals surface area contributed by atoms with Crippen molar-refractivity contribution in [1.29, 1.82) is 0 Å². The molecule has 0 spiro atoms. The van der Waals surface area contributed by atoms with Crippen LogP contribution in [-0.4, -0.2) is 21.6 Å². The Morgan fingerprint density at radius 3 is 1.74 bits per heavy atom. The number of amidine groups is 2. The molecule has 0 radical (unpaired) electrons. The Morgan fingerprint density at radius 1 is 0.553 bits per heavy atom. The number of aromatic nitrogens is 2. The van der Waals surface area contributed by atoms with Crippen molar-refractivity contribution in [3.8, 4) is 22.5 Å². The molecule has 2 aromatic heterocycles. The molecule has 1 unspecified atom stereocenters. The maximum atomic E-state index is 4.97. The number of pyridine rings is 2. The van der Waals surface area contributed by atoms with Gasteiger partial charge in [0.1, 0.15) is 0 Å². The van der Waals surface area contributed by atoms with Crippen molar-refractivity contribution < 1.29 is 0 Å². The van der Waals surface area contributed by atoms with E-state index in [1.165, 1.54) is 0 Å². The van der Waals surface area contributed by atoms with Gasteiger partial charge in [0.25, 0.3) is 0 Å². The second kappa shape index (κ2) is 10.2. The van der Waals surface area contributed by atoms with Gasteiger partial charge < -0.3 is 10.3 Å². The summed E-state index contributed by atoms with van der Waals surface area (Å²) in [7, 11) is 0. The van der Waals surface area contributed by atoms with Crippen LogP contribution in [0.2, 0.25) is 0 Å². The molecule has 3 heterocycles. The molecule has 5 heteroatoms. The van der Waals surface area contributed by atoms with Crippen LogP contribution in [0.5, 0.6) is 0 Å². The topological polar surface area (TPSA) is 64.6 Å². The summed E-state index contributed by atoms with van der Waals surface area (Å²) in [5.74, 6) is 1.30. The monoisotopic (exact) mass is 492 g/mol. The highest BCUT2D eigenvalue weighted by Crippen LogP contribution is 2.32. The largest absolute Gasteiger partial charge is 0.438 e. The molecule has 1 aliphatic rings. The van der Waals surface area contributed by atoms with Crippen LogP contribution in [0.1, 0.15) is 34.2 Å². The molecule has 5 aromatic rings. The van der Waals surface area contributed by atoms with Crippen molar-refractivity contribution in [2.24, 2.45) is 9.98 Å². The van der Waals surface area contributed by atoms with Gasteiger partial charge in [-0.05, 0) is 66.9 Å². The fourth-order valence-electron chi connectivity index (χ4n) is 4.51. The van der Waals surface area contributed by atoms with Crippen LogP contribution < -0.4 is 0 Å². The first kappa shape index (κ1) is 23.5. The Kier molecular flexibility index (Phi) is 6.32. The van der Waals surface area contributed by atoms with E-state index in [-0.39, 0.29) is 6.17 Å². The lowest BCUT2D eigenvalue weighted by Crippen LogP contribution is -2.16. The van der Waals surface area contributed by atoms with E-state index < -0.39 is 0 Å². The number of aryl methyl sites for hydroxylation is 2. The van der Waals surface area contributed by atoms with E-state index in [9.17, 15) is 0 Å². The van der Waals surface area contributed by atoms with Crippen LogP contribution in [0.15, 0.2) is 125 Å². The summed E-state index contributed by atoms with van der Waals surface area (Å²) in [6.45, 7) is 4.00. The Hall–Kier alpha value is -4.90. The number of nitrogens with zero attached hydrogens (tertiary/aromatic N) is 5. The van der Waals surface area contributed by atoms with E-state index >= 15 is 0 Å². The summed E-state index contributed by atoms with van der Waals surface area (Å²) in [6.07, 6.45) is -0.389. The third-order valence-electron chi connectivity index (χ3n) is 6.41. The summed E-state index contributed by atoms with van der Waals surface area (Å²) >= 11 is 0. The number of hydrogen-bond acceptors (Lipinski definition) is 4. The molecule has 0 saturated carbocycles. The molecule has 0 aliphatic carbocycles. The summed E-state index contributed by atoms with van der Waals surface area (Å²) in [5, 5.41) is 4.97. The minimum atomic E-state index is -0.389. The molecule has 0 N–H and O–H groups in total. The van der Waals surface area contributed by atoms with Crippen LogP contribution in [0, 0.1) is 13.8 Å². The van der Waals surface area contributed by atoms with Crippen LogP contribution >= 0.6 is 0 Å². The molecular weight excluding hydrogens is 466 g/mol. The van der Waals surface area contributed by atoms with Crippen molar-refractivity contribution >= 4 is 11.7 Å². The van der Waals surface area contributed by atoms with Gasteiger partial charge in [-0.2, -0.15) is 0 Å². The van der Waals surface area contributed by atoms with Gasteiger partial charge in [-0.25, -0.2) is 0 Å². The van der Waals surface area contributed by atoms with Crippen molar-refractivity contribution in [3.63, 3.8) is 0 Å². The molecule has 184 valence electrons. The molecule has 1 aliphatic heterocycles. The molecule has 0 saturated heterocycles. The van der Waals surface area contributed by atoms with Gasteiger partial charge in [-0.15, -0.1) is 0 Å². The second-order valence-corrected chi connectivity index (χ2v) is 9.29. The molecule has 0 bridgehead atoms. The number of hydrogen-bond donors (Lipinski definition) is 0. The van der Waals surface area contributed by atoms with Gasteiger partial charge in [0.15, 0.2) is 0 Å². The van der Waals surface area contributed by atoms with Gasteiger partial charge in [0.05, 0.1) is 23.4 Å². The predicted octanol–water partition coefficient (Wildman–Crippen LogP) is 7.71. The third-order valence-corrected chi connectivity index (χ3v) is 6.41. The summed E-state index contributed by atoms with van der Waals surface area (Å²) in [4.78, 5) is 19.3. The summed E-state index contributed by atoms with van der Waals surface area (Å²) < 4.78 is 0. The zero-order valence-corrected chi connectivity index (χ0v) is 21.3. The average Bonchev–Trinajstić information content (AvgIpc) is 2.97. The number of benzene rings is 3. The second-order valence-electron chi connectivity index (χ2n) is 9.29. The Morgan fingerprint density at radius 2 is 1.11 bits per heavy atom. The maximum absolute atomic E-state index is 4.97. The lowest BCUT2D eigenvalue weighted by molar-refractivity contribution is 0.878. The van der Waals surface area contributed by atoms with E-state index in [0.717, 1.165) is 50.6 Å². The lowest BCUT2D eigenvalue weighted by Gasteiger charge is -2.32. The molecule has 38 heavy (non-hydrogen) atoms. The first-order valence-corrected chi connectivity index (χ1v) is 12.6. The van der Waals surface area contributed by atoms with Gasteiger partial charge in [-0.3, -0.25) is 15.0 Å². The van der Waals surface area contributed by atoms with E-state index in [1.54, 1.807) is 0 Å². The first-order valence-electron chi connectivity index (χ1n) is 12.6. The Balaban J connectivity index is 1.43. The molecule has 0 fully saturated rings. The molecular formula is C33H26N5-. The van der Waals surface area contributed by atoms with E-state index in [0.29, 0.717) is 11.7 Å².